The summed E-state index contributed by atoms with van der Waals surface area (Å²) in [5, 5.41) is 0. The molecule has 0 bridgehead atoms. The molecule has 0 spiro atoms. The Morgan fingerprint density at radius 1 is 1.00 bits per heavy atom. The van der Waals surface area contributed by atoms with Crippen molar-refractivity contribution in [1.29, 1.82) is 0 Å². The predicted molar refractivity (Wildman–Crippen MR) is 111 cm³/mol. The first-order valence-electron chi connectivity index (χ1n) is 8.85. The van der Waals surface area contributed by atoms with Gasteiger partial charge >= 0.3 is 0 Å². The maximum absolute atomic E-state index is 12.6. The van der Waals surface area contributed by atoms with E-state index in [1.165, 1.54) is 0 Å². The molecular formula is C22H28N2O3. The second-order valence-corrected chi connectivity index (χ2v) is 6.58. The Kier molecular flexibility index (Phi) is 7.44. The third kappa shape index (κ3) is 5.86. The number of hydrogen-bond donors (Lipinski definition) is 0. The Bertz CT molecular complexity index is 800. The highest BCUT2D eigenvalue weighted by Crippen LogP contribution is 2.26. The van der Waals surface area contributed by atoms with Crippen LogP contribution in [0.2, 0.25) is 0 Å². The number of anilines is 1. The summed E-state index contributed by atoms with van der Waals surface area (Å²) in [5.74, 6) is 1.33. The molecule has 0 atom stereocenters. The summed E-state index contributed by atoms with van der Waals surface area (Å²) in [5.41, 5.74) is 2.51. The van der Waals surface area contributed by atoms with E-state index in [0.717, 1.165) is 24.3 Å². The Morgan fingerprint density at radius 2 is 1.78 bits per heavy atom. The molecule has 5 heteroatoms. The summed E-state index contributed by atoms with van der Waals surface area (Å²) in [6.45, 7) is 1.84. The average molecular weight is 368 g/mol. The van der Waals surface area contributed by atoms with Crippen LogP contribution in [0.5, 0.6) is 11.5 Å². The van der Waals surface area contributed by atoms with E-state index in [4.69, 9.17) is 9.47 Å². The van der Waals surface area contributed by atoms with Crippen molar-refractivity contribution in [3.05, 3.63) is 59.7 Å². The predicted octanol–water partition coefficient (Wildman–Crippen LogP) is 3.60. The number of hydrogen-bond acceptors (Lipinski definition) is 5. The number of benzene rings is 2. The van der Waals surface area contributed by atoms with Gasteiger partial charge in [-0.25, -0.2) is 0 Å². The van der Waals surface area contributed by atoms with Crippen LogP contribution in [0.15, 0.2) is 48.5 Å². The molecule has 0 saturated carbocycles. The number of nitrogens with zero attached hydrogens (tertiary/aromatic N) is 2. The lowest BCUT2D eigenvalue weighted by atomic mass is 10.1. The SMILES string of the molecule is COc1ccc(C=CC(=O)c2cccc(N(C)CCN(C)C)c2)c(OC)c1. The first-order chi connectivity index (χ1) is 12.9. The van der Waals surface area contributed by atoms with Gasteiger partial charge in [0, 0.05) is 43.0 Å². The standard InChI is InChI=1S/C22H28N2O3/c1-23(2)13-14-24(3)19-8-6-7-18(15-19)21(25)12-10-17-9-11-20(26-4)16-22(17)27-5/h6-12,15-16H,13-14H2,1-5H3. The summed E-state index contributed by atoms with van der Waals surface area (Å²) in [6, 6.07) is 13.2. The zero-order chi connectivity index (χ0) is 19.8. The van der Waals surface area contributed by atoms with E-state index in [1.54, 1.807) is 32.4 Å². The van der Waals surface area contributed by atoms with Gasteiger partial charge in [-0.15, -0.1) is 0 Å². The van der Waals surface area contributed by atoms with Gasteiger partial charge < -0.3 is 19.3 Å². The second-order valence-electron chi connectivity index (χ2n) is 6.58. The van der Waals surface area contributed by atoms with Gasteiger partial charge in [0.2, 0.25) is 0 Å². The number of allylic oxidation sites excluding steroid dienone is 1. The topological polar surface area (TPSA) is 42.0 Å². The van der Waals surface area contributed by atoms with E-state index in [9.17, 15) is 4.79 Å². The molecule has 27 heavy (non-hydrogen) atoms. The first kappa shape index (κ1) is 20.5. The number of ketones is 1. The number of methoxy groups -OCH3 is 2. The van der Waals surface area contributed by atoms with Gasteiger partial charge in [0.25, 0.3) is 0 Å². The minimum atomic E-state index is -0.0456. The number of carbonyl (C=O) groups is 1. The maximum Gasteiger partial charge on any atom is 0.185 e. The van der Waals surface area contributed by atoms with Crippen LogP contribution in [-0.4, -0.2) is 59.1 Å². The molecular weight excluding hydrogens is 340 g/mol. The van der Waals surface area contributed by atoms with Gasteiger partial charge in [-0.3, -0.25) is 4.79 Å². The van der Waals surface area contributed by atoms with Crippen LogP contribution in [0.1, 0.15) is 15.9 Å². The van der Waals surface area contributed by atoms with Crippen LogP contribution < -0.4 is 14.4 Å². The summed E-state index contributed by atoms with van der Waals surface area (Å²) < 4.78 is 10.6. The van der Waals surface area contributed by atoms with Gasteiger partial charge in [0.05, 0.1) is 14.2 Å². The van der Waals surface area contributed by atoms with Crippen molar-refractivity contribution in [1.82, 2.24) is 4.90 Å². The second kappa shape index (κ2) is 9.78. The number of rotatable bonds is 9. The zero-order valence-corrected chi connectivity index (χ0v) is 16.7. The molecule has 0 aliphatic carbocycles. The third-order valence-electron chi connectivity index (χ3n) is 4.31. The normalized spacial score (nSPS) is 11.0. The fourth-order valence-corrected chi connectivity index (χ4v) is 2.59. The molecule has 0 N–H and O–H groups in total. The van der Waals surface area contributed by atoms with Gasteiger partial charge in [0.15, 0.2) is 5.78 Å². The van der Waals surface area contributed by atoms with Crippen molar-refractivity contribution in [3.63, 3.8) is 0 Å². The molecule has 144 valence electrons. The fraction of sp³-hybridized carbons (Fsp3) is 0.318. The largest absolute Gasteiger partial charge is 0.497 e. The van der Waals surface area contributed by atoms with Crippen LogP contribution in [0.4, 0.5) is 5.69 Å². The molecule has 2 aromatic carbocycles. The molecule has 0 amide bonds. The molecule has 0 saturated heterocycles. The lowest BCUT2D eigenvalue weighted by Gasteiger charge is -2.21. The Hall–Kier alpha value is -2.79. The molecule has 2 rings (SSSR count). The molecule has 2 aromatic rings. The minimum absolute atomic E-state index is 0.0456. The van der Waals surface area contributed by atoms with E-state index < -0.39 is 0 Å². The van der Waals surface area contributed by atoms with Crippen LogP contribution in [-0.2, 0) is 0 Å². The minimum Gasteiger partial charge on any atom is -0.497 e. The summed E-state index contributed by atoms with van der Waals surface area (Å²) in [4.78, 5) is 16.9. The number of carbonyl (C=O) groups excluding carboxylic acids is 1. The van der Waals surface area contributed by atoms with E-state index in [1.807, 2.05) is 57.5 Å². The number of likely N-dealkylation sites (N-methyl/N-ethyl adjacent to an activating group) is 2. The van der Waals surface area contributed by atoms with Gasteiger partial charge in [-0.1, -0.05) is 12.1 Å². The highest BCUT2D eigenvalue weighted by Gasteiger charge is 2.08. The summed E-state index contributed by atoms with van der Waals surface area (Å²) in [6.07, 6.45) is 3.34. The van der Waals surface area contributed by atoms with Crippen LogP contribution in [0, 0.1) is 0 Å². The van der Waals surface area contributed by atoms with Crippen molar-refractivity contribution in [3.8, 4) is 11.5 Å². The highest BCUT2D eigenvalue weighted by molar-refractivity contribution is 6.07. The molecule has 0 aliphatic heterocycles. The zero-order valence-electron chi connectivity index (χ0n) is 16.7. The highest BCUT2D eigenvalue weighted by atomic mass is 16.5. The molecule has 5 nitrogen and oxygen atoms in total. The van der Waals surface area contributed by atoms with Gasteiger partial charge in [0.1, 0.15) is 11.5 Å². The average Bonchev–Trinajstić information content (AvgIpc) is 2.69. The summed E-state index contributed by atoms with van der Waals surface area (Å²) in [7, 11) is 9.33. The van der Waals surface area contributed by atoms with Crippen molar-refractivity contribution < 1.29 is 14.3 Å². The van der Waals surface area contributed by atoms with E-state index in [0.29, 0.717) is 17.1 Å². The van der Waals surface area contributed by atoms with Crippen LogP contribution >= 0.6 is 0 Å². The lowest BCUT2D eigenvalue weighted by molar-refractivity contribution is 0.104. The third-order valence-corrected chi connectivity index (χ3v) is 4.31. The van der Waals surface area contributed by atoms with Gasteiger partial charge in [-0.05, 0) is 50.5 Å². The molecule has 0 fully saturated rings. The van der Waals surface area contributed by atoms with E-state index in [-0.39, 0.29) is 5.78 Å². The van der Waals surface area contributed by atoms with Crippen molar-refractivity contribution >= 4 is 17.5 Å². The quantitative estimate of drug-likeness (QED) is 0.500. The summed E-state index contributed by atoms with van der Waals surface area (Å²) >= 11 is 0. The van der Waals surface area contributed by atoms with Crippen LogP contribution in [0.25, 0.3) is 6.08 Å². The Balaban J connectivity index is 2.14. The molecule has 0 radical (unpaired) electrons. The molecule has 0 unspecified atom stereocenters. The first-order valence-corrected chi connectivity index (χ1v) is 8.85. The maximum atomic E-state index is 12.6. The molecule has 0 aliphatic rings. The van der Waals surface area contributed by atoms with Gasteiger partial charge in [-0.2, -0.15) is 0 Å². The monoisotopic (exact) mass is 368 g/mol. The lowest BCUT2D eigenvalue weighted by Crippen LogP contribution is -2.28. The van der Waals surface area contributed by atoms with E-state index >= 15 is 0 Å². The van der Waals surface area contributed by atoms with Crippen LogP contribution in [0.3, 0.4) is 0 Å². The fourth-order valence-electron chi connectivity index (χ4n) is 2.59. The van der Waals surface area contributed by atoms with Crippen molar-refractivity contribution in [2.75, 3.05) is 53.4 Å². The smallest absolute Gasteiger partial charge is 0.185 e. The van der Waals surface area contributed by atoms with Crippen molar-refractivity contribution in [2.24, 2.45) is 0 Å². The van der Waals surface area contributed by atoms with E-state index in [2.05, 4.69) is 9.80 Å². The number of ether oxygens (including phenoxy) is 2. The Labute approximate surface area is 161 Å². The molecule has 0 aromatic heterocycles. The Morgan fingerprint density at radius 3 is 2.44 bits per heavy atom. The molecule has 0 heterocycles. The van der Waals surface area contributed by atoms with Crippen molar-refractivity contribution in [2.45, 2.75) is 0 Å².